The van der Waals surface area contributed by atoms with E-state index in [1.807, 2.05) is 6.07 Å². The Hall–Kier alpha value is -0.940. The summed E-state index contributed by atoms with van der Waals surface area (Å²) in [6, 6.07) is 6.89. The van der Waals surface area contributed by atoms with Crippen LogP contribution in [0.3, 0.4) is 0 Å². The van der Waals surface area contributed by atoms with Crippen molar-refractivity contribution in [2.45, 2.75) is 18.9 Å². The topological polar surface area (TPSA) is 40.3 Å². The molecule has 2 fully saturated rings. The number of aromatic amines is 1. The summed E-state index contributed by atoms with van der Waals surface area (Å²) in [5.41, 5.74) is 2.67. The first-order chi connectivity index (χ1) is 10.4. The number of nitrogens with zero attached hydrogens (tertiary/aromatic N) is 1. The molecule has 0 bridgehead atoms. The van der Waals surface area contributed by atoms with E-state index in [9.17, 15) is 0 Å². The zero-order valence-corrected chi connectivity index (χ0v) is 15.0. The summed E-state index contributed by atoms with van der Waals surface area (Å²) >= 11 is 0. The fourth-order valence-electron chi connectivity index (χ4n) is 3.61. The van der Waals surface area contributed by atoms with E-state index in [0.29, 0.717) is 6.04 Å². The number of hydrogen-bond acceptors (Lipinski definition) is 3. The highest BCUT2D eigenvalue weighted by Gasteiger charge is 2.37. The molecular weight excluding hydrogens is 333 g/mol. The summed E-state index contributed by atoms with van der Waals surface area (Å²) in [4.78, 5) is 6.11. The molecule has 0 unspecified atom stereocenters. The van der Waals surface area contributed by atoms with Gasteiger partial charge in [-0.25, -0.2) is 0 Å². The first kappa shape index (κ1) is 18.4. The van der Waals surface area contributed by atoms with E-state index in [2.05, 4.69) is 33.5 Å². The molecule has 2 N–H and O–H groups in total. The minimum atomic E-state index is 0. The third kappa shape index (κ3) is 3.61. The Morgan fingerprint density at radius 2 is 1.91 bits per heavy atom. The summed E-state index contributed by atoms with van der Waals surface area (Å²) < 4.78 is 5.41. The molecule has 2 aliphatic rings. The smallest absolute Gasteiger partial charge is 0.119 e. The molecule has 23 heavy (non-hydrogen) atoms. The number of ether oxygens (including phenoxy) is 1. The van der Waals surface area contributed by atoms with Crippen molar-refractivity contribution >= 4 is 35.7 Å². The van der Waals surface area contributed by atoms with Gasteiger partial charge in [-0.05, 0) is 42.5 Å². The van der Waals surface area contributed by atoms with Gasteiger partial charge in [-0.2, -0.15) is 0 Å². The van der Waals surface area contributed by atoms with Gasteiger partial charge < -0.3 is 15.0 Å². The molecule has 6 heteroatoms. The maximum absolute atomic E-state index is 5.41. The second-order valence-corrected chi connectivity index (χ2v) is 6.22. The average Bonchev–Trinajstić information content (AvgIpc) is 3.29. The van der Waals surface area contributed by atoms with Gasteiger partial charge in [0.15, 0.2) is 0 Å². The van der Waals surface area contributed by atoms with Gasteiger partial charge in [-0.15, -0.1) is 24.8 Å². The van der Waals surface area contributed by atoms with Crippen molar-refractivity contribution in [1.29, 1.82) is 0 Å². The van der Waals surface area contributed by atoms with Crippen molar-refractivity contribution in [3.05, 3.63) is 30.0 Å². The number of nitrogens with one attached hydrogen (secondary N) is 2. The quantitative estimate of drug-likeness (QED) is 0.880. The van der Waals surface area contributed by atoms with Crippen LogP contribution in [0, 0.1) is 5.92 Å². The van der Waals surface area contributed by atoms with Crippen LogP contribution in [0.5, 0.6) is 5.75 Å². The number of aromatic nitrogens is 1. The van der Waals surface area contributed by atoms with Gasteiger partial charge in [-0.3, -0.25) is 4.90 Å². The van der Waals surface area contributed by atoms with Crippen LogP contribution in [0.15, 0.2) is 24.4 Å². The fraction of sp³-hybridized carbons (Fsp3) is 0.529. The third-order valence-electron chi connectivity index (χ3n) is 4.85. The van der Waals surface area contributed by atoms with E-state index in [1.165, 1.54) is 29.3 Å². The molecule has 128 valence electrons. The normalized spacial score (nSPS) is 19.7. The summed E-state index contributed by atoms with van der Waals surface area (Å²) in [5, 5.41) is 4.78. The molecule has 4 nitrogen and oxygen atoms in total. The van der Waals surface area contributed by atoms with Gasteiger partial charge in [0.2, 0.25) is 0 Å². The molecule has 1 saturated heterocycles. The van der Waals surface area contributed by atoms with Crippen LogP contribution in [0.25, 0.3) is 10.9 Å². The van der Waals surface area contributed by atoms with Crippen LogP contribution in [-0.2, 0) is 0 Å². The van der Waals surface area contributed by atoms with Gasteiger partial charge in [-0.1, -0.05) is 0 Å². The molecule has 2 heterocycles. The third-order valence-corrected chi connectivity index (χ3v) is 4.85. The second-order valence-electron chi connectivity index (χ2n) is 6.22. The van der Waals surface area contributed by atoms with Crippen LogP contribution in [-0.4, -0.2) is 43.2 Å². The standard InChI is InChI=1S/C17H23N3O.2ClH/c1-21-13-4-5-16-14(10-13)15(11-19-16)17(12-2-3-12)20-8-6-18-7-9-20;;/h4-5,10-12,17-19H,2-3,6-9H2,1H3;2*1H/t17-;;/m1../s1. The first-order valence-corrected chi connectivity index (χ1v) is 7.96. The molecule has 2 aromatic rings. The second kappa shape index (κ2) is 7.75. The van der Waals surface area contributed by atoms with Gasteiger partial charge in [0.05, 0.1) is 7.11 Å². The van der Waals surface area contributed by atoms with Crippen molar-refractivity contribution in [3.8, 4) is 5.75 Å². The summed E-state index contributed by atoms with van der Waals surface area (Å²) in [6.45, 7) is 4.51. The number of benzene rings is 1. The molecule has 1 aliphatic heterocycles. The Bertz CT molecular complexity index is 636. The number of halogens is 2. The van der Waals surface area contributed by atoms with E-state index in [-0.39, 0.29) is 24.8 Å². The lowest BCUT2D eigenvalue weighted by molar-refractivity contribution is 0.157. The monoisotopic (exact) mass is 357 g/mol. The molecule has 0 amide bonds. The van der Waals surface area contributed by atoms with E-state index >= 15 is 0 Å². The molecule has 1 aromatic heterocycles. The number of rotatable bonds is 4. The molecule has 0 radical (unpaired) electrons. The van der Waals surface area contributed by atoms with Gasteiger partial charge in [0.25, 0.3) is 0 Å². The lowest BCUT2D eigenvalue weighted by Crippen LogP contribution is -2.45. The van der Waals surface area contributed by atoms with Gasteiger partial charge in [0, 0.05) is 49.3 Å². The van der Waals surface area contributed by atoms with E-state index in [1.54, 1.807) is 7.11 Å². The molecule has 1 saturated carbocycles. The number of methoxy groups -OCH3 is 1. The molecule has 0 spiro atoms. The number of piperazine rings is 1. The van der Waals surface area contributed by atoms with Crippen LogP contribution in [0.4, 0.5) is 0 Å². The Labute approximate surface area is 149 Å². The zero-order chi connectivity index (χ0) is 14.2. The average molecular weight is 358 g/mol. The van der Waals surface area contributed by atoms with Gasteiger partial charge >= 0.3 is 0 Å². The largest absolute Gasteiger partial charge is 0.497 e. The predicted octanol–water partition coefficient (Wildman–Crippen LogP) is 3.38. The Balaban J connectivity index is 0.000000960. The number of hydrogen-bond donors (Lipinski definition) is 2. The maximum atomic E-state index is 5.41. The number of H-pyrrole nitrogens is 1. The Morgan fingerprint density at radius 3 is 2.57 bits per heavy atom. The van der Waals surface area contributed by atoms with Crippen LogP contribution < -0.4 is 10.1 Å². The summed E-state index contributed by atoms with van der Waals surface area (Å²) in [5.74, 6) is 1.77. The Kier molecular flexibility index (Phi) is 6.20. The van der Waals surface area contributed by atoms with Crippen molar-refractivity contribution in [3.63, 3.8) is 0 Å². The van der Waals surface area contributed by atoms with Crippen molar-refractivity contribution in [2.75, 3.05) is 33.3 Å². The molecule has 1 atom stereocenters. The minimum absolute atomic E-state index is 0. The highest BCUT2D eigenvalue weighted by atomic mass is 35.5. The van der Waals surface area contributed by atoms with E-state index in [0.717, 1.165) is 37.8 Å². The highest BCUT2D eigenvalue weighted by molar-refractivity contribution is 5.86. The lowest BCUT2D eigenvalue weighted by atomic mass is 9.99. The van der Waals surface area contributed by atoms with Gasteiger partial charge in [0.1, 0.15) is 5.75 Å². The summed E-state index contributed by atoms with van der Waals surface area (Å²) in [6.07, 6.45) is 4.95. The minimum Gasteiger partial charge on any atom is -0.497 e. The van der Waals surface area contributed by atoms with Crippen LogP contribution >= 0.6 is 24.8 Å². The lowest BCUT2D eigenvalue weighted by Gasteiger charge is -2.35. The van der Waals surface area contributed by atoms with Crippen molar-refractivity contribution in [1.82, 2.24) is 15.2 Å². The SMILES string of the molecule is COc1ccc2[nH]cc([C@@H](C3CC3)N3CCNCC3)c2c1.Cl.Cl. The highest BCUT2D eigenvalue weighted by Crippen LogP contribution is 2.46. The first-order valence-electron chi connectivity index (χ1n) is 7.96. The Morgan fingerprint density at radius 1 is 1.17 bits per heavy atom. The fourth-order valence-corrected chi connectivity index (χ4v) is 3.61. The van der Waals surface area contributed by atoms with Crippen molar-refractivity contribution in [2.24, 2.45) is 5.92 Å². The number of fused-ring (bicyclic) bond motifs is 1. The predicted molar refractivity (Wildman–Crippen MR) is 99.3 cm³/mol. The van der Waals surface area contributed by atoms with E-state index < -0.39 is 0 Å². The molecular formula is C17H25Cl2N3O. The summed E-state index contributed by atoms with van der Waals surface area (Å²) in [7, 11) is 1.74. The molecule has 4 rings (SSSR count). The van der Waals surface area contributed by atoms with E-state index in [4.69, 9.17) is 4.74 Å². The maximum Gasteiger partial charge on any atom is 0.119 e. The van der Waals surface area contributed by atoms with Crippen LogP contribution in [0.2, 0.25) is 0 Å². The van der Waals surface area contributed by atoms with Crippen molar-refractivity contribution < 1.29 is 4.74 Å². The molecule has 1 aromatic carbocycles. The molecule has 1 aliphatic carbocycles. The van der Waals surface area contributed by atoms with Crippen LogP contribution in [0.1, 0.15) is 24.4 Å². The zero-order valence-electron chi connectivity index (χ0n) is 13.4.